The highest BCUT2D eigenvalue weighted by Gasteiger charge is 2.15. The molecule has 0 aliphatic carbocycles. The molecule has 5 nitrogen and oxygen atoms in total. The van der Waals surface area contributed by atoms with Crippen molar-refractivity contribution in [3.63, 3.8) is 0 Å². The third-order valence-electron chi connectivity index (χ3n) is 2.75. The van der Waals surface area contributed by atoms with E-state index in [1.165, 1.54) is 0 Å². The van der Waals surface area contributed by atoms with Crippen LogP contribution in [0, 0.1) is 20.8 Å². The maximum atomic E-state index is 5.81. The molecule has 5 heteroatoms. The second kappa shape index (κ2) is 4.16. The van der Waals surface area contributed by atoms with Gasteiger partial charge in [0.1, 0.15) is 23.2 Å². The van der Waals surface area contributed by atoms with E-state index < -0.39 is 0 Å². The van der Waals surface area contributed by atoms with Gasteiger partial charge in [-0.3, -0.25) is 0 Å². The minimum atomic E-state index is 0.109. The van der Waals surface area contributed by atoms with E-state index in [1.54, 1.807) is 0 Å². The number of nitrogen functional groups attached to an aromatic ring is 1. The maximum Gasteiger partial charge on any atom is 0.169 e. The lowest BCUT2D eigenvalue weighted by molar-refractivity contribution is 0.500. The first-order valence-corrected chi connectivity index (χ1v) is 5.63. The molecule has 2 aromatic rings. The first-order valence-electron chi connectivity index (χ1n) is 5.63. The average molecular weight is 234 g/mol. The van der Waals surface area contributed by atoms with E-state index in [1.807, 2.05) is 26.8 Å². The van der Waals surface area contributed by atoms with Crippen molar-refractivity contribution in [1.29, 1.82) is 0 Å². The zero-order valence-corrected chi connectivity index (χ0v) is 10.6. The van der Waals surface area contributed by atoms with Crippen molar-refractivity contribution >= 4 is 11.6 Å². The summed E-state index contributed by atoms with van der Waals surface area (Å²) in [5.41, 5.74) is 6.93. The fraction of sp³-hybridized carbons (Fsp3) is 0.417. The van der Waals surface area contributed by atoms with Gasteiger partial charge in [-0.05, 0) is 33.8 Å². The predicted molar refractivity (Wildman–Crippen MR) is 68.0 cm³/mol. The molecule has 0 aliphatic rings. The molecule has 0 spiro atoms. The molecular formula is C12H18N4O. The number of H-pyrrole nitrogens is 1. The molecule has 1 unspecified atom stereocenters. The zero-order chi connectivity index (χ0) is 12.6. The summed E-state index contributed by atoms with van der Waals surface area (Å²) < 4.78 is 5.51. The third kappa shape index (κ3) is 2.27. The van der Waals surface area contributed by atoms with Crippen LogP contribution in [0.2, 0.25) is 0 Å². The standard InChI is InChI=1S/C12H18N4O/c1-6-5-10(8(3)17-6)7(2)14-12-11(13)15-9(4)16-12/h5,7,14H,13H2,1-4H3,(H,15,16). The maximum absolute atomic E-state index is 5.81. The lowest BCUT2D eigenvalue weighted by Gasteiger charge is -2.12. The number of imidazole rings is 1. The van der Waals surface area contributed by atoms with Gasteiger partial charge in [-0.1, -0.05) is 0 Å². The van der Waals surface area contributed by atoms with Gasteiger partial charge in [0.05, 0.1) is 6.04 Å². The second-order valence-corrected chi connectivity index (χ2v) is 4.32. The van der Waals surface area contributed by atoms with E-state index in [2.05, 4.69) is 22.2 Å². The van der Waals surface area contributed by atoms with Gasteiger partial charge in [0.25, 0.3) is 0 Å². The van der Waals surface area contributed by atoms with E-state index in [4.69, 9.17) is 10.2 Å². The van der Waals surface area contributed by atoms with Crippen molar-refractivity contribution in [2.45, 2.75) is 33.7 Å². The fourth-order valence-corrected chi connectivity index (χ4v) is 1.98. The molecule has 0 amide bonds. The van der Waals surface area contributed by atoms with Crippen LogP contribution in [0.15, 0.2) is 10.5 Å². The molecule has 0 aromatic carbocycles. The number of nitrogens with two attached hydrogens (primary N) is 1. The Morgan fingerprint density at radius 1 is 1.41 bits per heavy atom. The Morgan fingerprint density at radius 3 is 2.59 bits per heavy atom. The summed E-state index contributed by atoms with van der Waals surface area (Å²) in [6.45, 7) is 7.83. The molecule has 0 saturated carbocycles. The second-order valence-electron chi connectivity index (χ2n) is 4.32. The monoisotopic (exact) mass is 234 g/mol. The van der Waals surface area contributed by atoms with Crippen molar-refractivity contribution in [3.8, 4) is 0 Å². The molecule has 2 heterocycles. The van der Waals surface area contributed by atoms with Crippen LogP contribution in [0.1, 0.15) is 35.9 Å². The number of hydrogen-bond acceptors (Lipinski definition) is 4. The molecule has 0 fully saturated rings. The lowest BCUT2D eigenvalue weighted by atomic mass is 10.1. The number of hydrogen-bond donors (Lipinski definition) is 3. The Hall–Kier alpha value is -1.91. The van der Waals surface area contributed by atoms with Crippen LogP contribution in [-0.4, -0.2) is 9.97 Å². The lowest BCUT2D eigenvalue weighted by Crippen LogP contribution is -2.08. The molecule has 17 heavy (non-hydrogen) atoms. The molecular weight excluding hydrogens is 216 g/mol. The molecule has 92 valence electrons. The quantitative estimate of drug-likeness (QED) is 0.762. The molecule has 2 aromatic heterocycles. The van der Waals surface area contributed by atoms with Crippen LogP contribution in [0.25, 0.3) is 0 Å². The third-order valence-corrected chi connectivity index (χ3v) is 2.75. The average Bonchev–Trinajstić information content (AvgIpc) is 2.70. The highest BCUT2D eigenvalue weighted by atomic mass is 16.3. The molecule has 0 bridgehead atoms. The Balaban J connectivity index is 2.19. The number of nitrogens with one attached hydrogen (secondary N) is 2. The van der Waals surface area contributed by atoms with Gasteiger partial charge in [0, 0.05) is 5.56 Å². The van der Waals surface area contributed by atoms with Gasteiger partial charge in [-0.15, -0.1) is 0 Å². The molecule has 0 saturated heterocycles. The Morgan fingerprint density at radius 2 is 2.12 bits per heavy atom. The van der Waals surface area contributed by atoms with Gasteiger partial charge < -0.3 is 20.5 Å². The first kappa shape index (κ1) is 11.6. The number of aryl methyl sites for hydroxylation is 3. The summed E-state index contributed by atoms with van der Waals surface area (Å²) in [5, 5.41) is 3.27. The number of aromatic nitrogens is 2. The number of furan rings is 1. The number of aromatic amines is 1. The van der Waals surface area contributed by atoms with Gasteiger partial charge in [0.15, 0.2) is 5.82 Å². The minimum absolute atomic E-state index is 0.109. The smallest absolute Gasteiger partial charge is 0.169 e. The summed E-state index contributed by atoms with van der Waals surface area (Å²) in [7, 11) is 0. The summed E-state index contributed by atoms with van der Waals surface area (Å²) in [6, 6.07) is 2.14. The van der Waals surface area contributed by atoms with Crippen molar-refractivity contribution in [2.75, 3.05) is 11.1 Å². The molecule has 2 rings (SSSR count). The number of anilines is 2. The van der Waals surface area contributed by atoms with Crippen molar-refractivity contribution in [2.24, 2.45) is 0 Å². The minimum Gasteiger partial charge on any atom is -0.466 e. The first-order chi connectivity index (χ1) is 7.97. The van der Waals surface area contributed by atoms with Crippen molar-refractivity contribution in [3.05, 3.63) is 29.0 Å². The predicted octanol–water partition coefficient (Wildman–Crippen LogP) is 2.68. The van der Waals surface area contributed by atoms with Crippen LogP contribution in [0.4, 0.5) is 11.6 Å². The number of rotatable bonds is 3. The molecule has 0 radical (unpaired) electrons. The molecule has 4 N–H and O–H groups in total. The topological polar surface area (TPSA) is 79.9 Å². The highest BCUT2D eigenvalue weighted by Crippen LogP contribution is 2.26. The van der Waals surface area contributed by atoms with E-state index in [-0.39, 0.29) is 6.04 Å². The van der Waals surface area contributed by atoms with E-state index in [0.717, 1.165) is 22.9 Å². The number of nitrogens with zero attached hydrogens (tertiary/aromatic N) is 1. The molecule has 0 aliphatic heterocycles. The summed E-state index contributed by atoms with van der Waals surface area (Å²) >= 11 is 0. The highest BCUT2D eigenvalue weighted by molar-refractivity contribution is 5.58. The Labute approximate surface area is 100 Å². The molecule has 1 atom stereocenters. The summed E-state index contributed by atoms with van der Waals surface area (Å²) in [4.78, 5) is 7.25. The summed E-state index contributed by atoms with van der Waals surface area (Å²) in [5.74, 6) is 3.89. The van der Waals surface area contributed by atoms with E-state index >= 15 is 0 Å². The van der Waals surface area contributed by atoms with Gasteiger partial charge in [-0.2, -0.15) is 0 Å². The SMILES string of the molecule is Cc1nc(NC(C)c2cc(C)oc2C)c(N)[nH]1. The van der Waals surface area contributed by atoms with Crippen LogP contribution in [0.3, 0.4) is 0 Å². The van der Waals surface area contributed by atoms with E-state index in [9.17, 15) is 0 Å². The van der Waals surface area contributed by atoms with Crippen molar-refractivity contribution < 1.29 is 4.42 Å². The van der Waals surface area contributed by atoms with Crippen molar-refractivity contribution in [1.82, 2.24) is 9.97 Å². The van der Waals surface area contributed by atoms with Crippen LogP contribution >= 0.6 is 0 Å². The van der Waals surface area contributed by atoms with E-state index in [0.29, 0.717) is 11.6 Å². The fourth-order valence-electron chi connectivity index (χ4n) is 1.98. The van der Waals surface area contributed by atoms with Gasteiger partial charge in [0.2, 0.25) is 0 Å². The van der Waals surface area contributed by atoms with Crippen LogP contribution in [-0.2, 0) is 0 Å². The normalized spacial score (nSPS) is 12.7. The largest absolute Gasteiger partial charge is 0.466 e. The van der Waals surface area contributed by atoms with Crippen LogP contribution < -0.4 is 11.1 Å². The Kier molecular flexibility index (Phi) is 2.83. The van der Waals surface area contributed by atoms with Gasteiger partial charge in [-0.25, -0.2) is 4.98 Å². The zero-order valence-electron chi connectivity index (χ0n) is 10.6. The Bertz CT molecular complexity index is 527. The summed E-state index contributed by atoms with van der Waals surface area (Å²) in [6.07, 6.45) is 0. The van der Waals surface area contributed by atoms with Crippen LogP contribution in [0.5, 0.6) is 0 Å². The van der Waals surface area contributed by atoms with Gasteiger partial charge >= 0.3 is 0 Å².